The Balaban J connectivity index is 0.00000324. The van der Waals surface area contributed by atoms with Gasteiger partial charge in [-0.3, -0.25) is 9.59 Å². The van der Waals surface area contributed by atoms with Crippen molar-refractivity contribution in [1.82, 2.24) is 10.2 Å². The highest BCUT2D eigenvalue weighted by molar-refractivity contribution is 5.99. The maximum atomic E-state index is 11.9. The lowest BCUT2D eigenvalue weighted by molar-refractivity contribution is 0.0827. The molecule has 0 bridgehead atoms. The zero-order valence-electron chi connectivity index (χ0n) is 11.3. The molecule has 6 heteroatoms. The Morgan fingerprint density at radius 2 is 1.89 bits per heavy atom. The first-order valence-corrected chi connectivity index (χ1v) is 5.78. The average molecular weight is 286 g/mol. The molecule has 2 amide bonds. The van der Waals surface area contributed by atoms with Crippen molar-refractivity contribution in [3.63, 3.8) is 0 Å². The van der Waals surface area contributed by atoms with E-state index in [1.807, 2.05) is 6.92 Å². The maximum absolute atomic E-state index is 11.9. The first-order chi connectivity index (χ1) is 8.45. The summed E-state index contributed by atoms with van der Waals surface area (Å²) in [5, 5.41) is 2.75. The summed E-state index contributed by atoms with van der Waals surface area (Å²) in [4.78, 5) is 25.1. The van der Waals surface area contributed by atoms with E-state index in [4.69, 9.17) is 5.73 Å². The van der Waals surface area contributed by atoms with Gasteiger partial charge in [-0.05, 0) is 25.1 Å². The molecular weight excluding hydrogens is 266 g/mol. The summed E-state index contributed by atoms with van der Waals surface area (Å²) in [6.07, 6.45) is 0. The molecule has 1 atom stereocenters. The van der Waals surface area contributed by atoms with Gasteiger partial charge in [0.25, 0.3) is 11.8 Å². The first-order valence-electron chi connectivity index (χ1n) is 5.78. The van der Waals surface area contributed by atoms with Crippen LogP contribution >= 0.6 is 12.4 Å². The lowest BCUT2D eigenvalue weighted by atomic mass is 10.1. The van der Waals surface area contributed by atoms with Gasteiger partial charge in [0, 0.05) is 37.8 Å². The van der Waals surface area contributed by atoms with Crippen molar-refractivity contribution >= 4 is 24.2 Å². The zero-order valence-corrected chi connectivity index (χ0v) is 12.2. The van der Waals surface area contributed by atoms with Crippen LogP contribution in [0, 0.1) is 0 Å². The molecule has 1 aromatic rings. The van der Waals surface area contributed by atoms with Crippen molar-refractivity contribution in [1.29, 1.82) is 0 Å². The van der Waals surface area contributed by atoms with Crippen LogP contribution in [-0.2, 0) is 0 Å². The van der Waals surface area contributed by atoms with Crippen LogP contribution in [0.15, 0.2) is 24.3 Å². The number of nitrogens with one attached hydrogen (secondary N) is 1. The standard InChI is InChI=1S/C13H19N3O2.ClH/c1-9(8-14)15-12(17)10-5-4-6-11(7-10)13(18)16(2)3;/h4-7,9H,8,14H2,1-3H3,(H,15,17);1H/t9-;/m0./s1. The molecule has 0 aliphatic heterocycles. The molecule has 0 fully saturated rings. The van der Waals surface area contributed by atoms with Crippen LogP contribution in [0.4, 0.5) is 0 Å². The smallest absolute Gasteiger partial charge is 0.253 e. The molecule has 1 rings (SSSR count). The molecule has 0 aliphatic carbocycles. The summed E-state index contributed by atoms with van der Waals surface area (Å²) in [6.45, 7) is 2.20. The van der Waals surface area contributed by atoms with E-state index in [1.54, 1.807) is 38.4 Å². The number of hydrogen-bond donors (Lipinski definition) is 2. The van der Waals surface area contributed by atoms with Gasteiger partial charge in [-0.25, -0.2) is 0 Å². The fourth-order valence-corrected chi connectivity index (χ4v) is 1.42. The lowest BCUT2D eigenvalue weighted by Crippen LogP contribution is -2.37. The molecule has 0 heterocycles. The van der Waals surface area contributed by atoms with Crippen molar-refractivity contribution in [2.24, 2.45) is 5.73 Å². The third-order valence-corrected chi connectivity index (χ3v) is 2.51. The van der Waals surface area contributed by atoms with Crippen LogP contribution in [0.5, 0.6) is 0 Å². The third kappa shape index (κ3) is 4.89. The normalized spacial score (nSPS) is 11.2. The number of carbonyl (C=O) groups is 2. The van der Waals surface area contributed by atoms with Gasteiger partial charge in [-0.2, -0.15) is 0 Å². The molecule has 1 aromatic carbocycles. The number of halogens is 1. The van der Waals surface area contributed by atoms with Gasteiger partial charge in [0.15, 0.2) is 0 Å². The van der Waals surface area contributed by atoms with Gasteiger partial charge >= 0.3 is 0 Å². The van der Waals surface area contributed by atoms with E-state index in [0.29, 0.717) is 17.7 Å². The Hall–Kier alpha value is -1.59. The molecule has 0 aliphatic rings. The number of amides is 2. The minimum Gasteiger partial charge on any atom is -0.348 e. The van der Waals surface area contributed by atoms with Crippen molar-refractivity contribution in [2.75, 3.05) is 20.6 Å². The molecule has 0 saturated carbocycles. The van der Waals surface area contributed by atoms with Gasteiger partial charge in [0.2, 0.25) is 0 Å². The van der Waals surface area contributed by atoms with Crippen LogP contribution in [-0.4, -0.2) is 43.4 Å². The third-order valence-electron chi connectivity index (χ3n) is 2.51. The van der Waals surface area contributed by atoms with Crippen LogP contribution in [0.1, 0.15) is 27.6 Å². The number of nitrogens with zero attached hydrogens (tertiary/aromatic N) is 1. The number of nitrogens with two attached hydrogens (primary N) is 1. The predicted molar refractivity (Wildman–Crippen MR) is 77.7 cm³/mol. The predicted octanol–water partition coefficient (Wildman–Crippen LogP) is 0.887. The largest absolute Gasteiger partial charge is 0.348 e. The second-order valence-corrected chi connectivity index (χ2v) is 4.39. The number of hydrogen-bond acceptors (Lipinski definition) is 3. The van der Waals surface area contributed by atoms with E-state index in [0.717, 1.165) is 0 Å². The highest BCUT2D eigenvalue weighted by atomic mass is 35.5. The Morgan fingerprint density at radius 3 is 2.42 bits per heavy atom. The lowest BCUT2D eigenvalue weighted by Gasteiger charge is -2.13. The van der Waals surface area contributed by atoms with Crippen molar-refractivity contribution < 1.29 is 9.59 Å². The van der Waals surface area contributed by atoms with Gasteiger partial charge in [-0.15, -0.1) is 12.4 Å². The highest BCUT2D eigenvalue weighted by Gasteiger charge is 2.12. The molecule has 106 valence electrons. The summed E-state index contributed by atoms with van der Waals surface area (Å²) in [5.41, 5.74) is 6.40. The van der Waals surface area contributed by atoms with E-state index in [-0.39, 0.29) is 30.3 Å². The molecular formula is C13H20ClN3O2. The Morgan fingerprint density at radius 1 is 1.32 bits per heavy atom. The minimum absolute atomic E-state index is 0. The Kier molecular flexibility index (Phi) is 7.11. The SMILES string of the molecule is C[C@@H](CN)NC(=O)c1cccc(C(=O)N(C)C)c1.Cl. The van der Waals surface area contributed by atoms with Gasteiger partial charge in [0.05, 0.1) is 0 Å². The second kappa shape index (κ2) is 7.76. The van der Waals surface area contributed by atoms with Gasteiger partial charge in [-0.1, -0.05) is 6.07 Å². The van der Waals surface area contributed by atoms with Crippen LogP contribution in [0.3, 0.4) is 0 Å². The van der Waals surface area contributed by atoms with Gasteiger partial charge in [0.1, 0.15) is 0 Å². The van der Waals surface area contributed by atoms with E-state index >= 15 is 0 Å². The molecule has 0 spiro atoms. The molecule has 0 radical (unpaired) electrons. The topological polar surface area (TPSA) is 75.4 Å². The summed E-state index contributed by atoms with van der Waals surface area (Å²) in [6, 6.07) is 6.54. The zero-order chi connectivity index (χ0) is 13.7. The summed E-state index contributed by atoms with van der Waals surface area (Å²) in [7, 11) is 3.34. The second-order valence-electron chi connectivity index (χ2n) is 4.39. The van der Waals surface area contributed by atoms with Crippen LogP contribution < -0.4 is 11.1 Å². The molecule has 0 unspecified atom stereocenters. The Labute approximate surface area is 119 Å². The number of carbonyl (C=O) groups excluding carboxylic acids is 2. The van der Waals surface area contributed by atoms with Gasteiger partial charge < -0.3 is 16.0 Å². The maximum Gasteiger partial charge on any atom is 0.253 e. The van der Waals surface area contributed by atoms with Crippen molar-refractivity contribution in [3.05, 3.63) is 35.4 Å². The number of rotatable bonds is 4. The monoisotopic (exact) mass is 285 g/mol. The number of benzene rings is 1. The minimum atomic E-state index is -0.221. The molecule has 3 N–H and O–H groups in total. The first kappa shape index (κ1) is 17.4. The van der Waals surface area contributed by atoms with E-state index in [9.17, 15) is 9.59 Å². The van der Waals surface area contributed by atoms with Crippen LogP contribution in [0.2, 0.25) is 0 Å². The highest BCUT2D eigenvalue weighted by Crippen LogP contribution is 2.07. The van der Waals surface area contributed by atoms with E-state index in [2.05, 4.69) is 5.32 Å². The molecule has 0 aromatic heterocycles. The average Bonchev–Trinajstić information content (AvgIpc) is 2.37. The van der Waals surface area contributed by atoms with E-state index in [1.165, 1.54) is 4.90 Å². The van der Waals surface area contributed by atoms with Crippen LogP contribution in [0.25, 0.3) is 0 Å². The molecule has 0 saturated heterocycles. The van der Waals surface area contributed by atoms with Crippen molar-refractivity contribution in [3.8, 4) is 0 Å². The summed E-state index contributed by atoms with van der Waals surface area (Å²) < 4.78 is 0. The quantitative estimate of drug-likeness (QED) is 0.862. The molecule has 5 nitrogen and oxygen atoms in total. The fourth-order valence-electron chi connectivity index (χ4n) is 1.42. The van der Waals surface area contributed by atoms with Crippen molar-refractivity contribution in [2.45, 2.75) is 13.0 Å². The summed E-state index contributed by atoms with van der Waals surface area (Å²) in [5.74, 6) is -0.349. The fraction of sp³-hybridized carbons (Fsp3) is 0.385. The van der Waals surface area contributed by atoms with E-state index < -0.39 is 0 Å². The Bertz CT molecular complexity index is 449. The summed E-state index contributed by atoms with van der Waals surface area (Å²) >= 11 is 0. The molecule has 19 heavy (non-hydrogen) atoms.